The van der Waals surface area contributed by atoms with E-state index < -0.39 is 15.7 Å². The third-order valence-corrected chi connectivity index (χ3v) is 4.98. The van der Waals surface area contributed by atoms with Gasteiger partial charge in [-0.15, -0.1) is 0 Å². The lowest BCUT2D eigenvalue weighted by Crippen LogP contribution is -2.13. The van der Waals surface area contributed by atoms with Gasteiger partial charge in [0.15, 0.2) is 9.84 Å². The zero-order chi connectivity index (χ0) is 20.7. The number of rotatable bonds is 6. The molecule has 2 amide bonds. The summed E-state index contributed by atoms with van der Waals surface area (Å²) in [4.78, 5) is 24.2. The average Bonchev–Trinajstić information content (AvgIpc) is 2.63. The molecule has 8 heteroatoms. The van der Waals surface area contributed by atoms with Gasteiger partial charge in [0.1, 0.15) is 0 Å². The predicted molar refractivity (Wildman–Crippen MR) is 112 cm³/mol. The highest BCUT2D eigenvalue weighted by Crippen LogP contribution is 2.26. The molecule has 0 aliphatic heterocycles. The van der Waals surface area contributed by atoms with Crippen molar-refractivity contribution in [2.45, 2.75) is 11.8 Å². The number of benzene rings is 2. The first-order valence-corrected chi connectivity index (χ1v) is 10.5. The Morgan fingerprint density at radius 2 is 1.79 bits per heavy atom. The highest BCUT2D eigenvalue weighted by molar-refractivity contribution is 7.90. The minimum atomic E-state index is -3.42. The molecule has 2 aromatic carbocycles. The number of carbonyl (C=O) groups is 2. The lowest BCUT2D eigenvalue weighted by Gasteiger charge is -2.10. The first kappa shape index (κ1) is 21.4. The van der Waals surface area contributed by atoms with Crippen molar-refractivity contribution in [2.75, 3.05) is 16.9 Å². The molecular formula is C20H19ClN2O4S. The molecule has 2 rings (SSSR count). The zero-order valence-corrected chi connectivity index (χ0v) is 16.8. The maximum absolute atomic E-state index is 12.4. The van der Waals surface area contributed by atoms with E-state index >= 15 is 0 Å². The lowest BCUT2D eigenvalue weighted by atomic mass is 10.2. The molecule has 6 nitrogen and oxygen atoms in total. The normalized spacial score (nSPS) is 11.7. The van der Waals surface area contributed by atoms with E-state index in [0.29, 0.717) is 11.4 Å². The molecule has 0 aliphatic rings. The van der Waals surface area contributed by atoms with Gasteiger partial charge in [-0.05, 0) is 43.3 Å². The van der Waals surface area contributed by atoms with Crippen molar-refractivity contribution in [1.82, 2.24) is 0 Å². The van der Waals surface area contributed by atoms with Crippen molar-refractivity contribution in [2.24, 2.45) is 0 Å². The van der Waals surface area contributed by atoms with Gasteiger partial charge in [0.2, 0.25) is 5.91 Å². The van der Waals surface area contributed by atoms with E-state index in [1.165, 1.54) is 36.4 Å². The summed E-state index contributed by atoms with van der Waals surface area (Å²) in [6.45, 7) is 1.84. The Hall–Kier alpha value is -2.90. The first-order valence-electron chi connectivity index (χ1n) is 8.22. The van der Waals surface area contributed by atoms with Crippen LogP contribution < -0.4 is 10.6 Å². The minimum absolute atomic E-state index is 0.0512. The summed E-state index contributed by atoms with van der Waals surface area (Å²) in [5.41, 5.74) is 0.988. The molecule has 0 fully saturated rings. The Morgan fingerprint density at radius 1 is 1.04 bits per heavy atom. The van der Waals surface area contributed by atoms with Crippen LogP contribution in [0.5, 0.6) is 0 Å². The van der Waals surface area contributed by atoms with Crippen LogP contribution in [0.25, 0.3) is 0 Å². The van der Waals surface area contributed by atoms with Gasteiger partial charge in [0.25, 0.3) is 5.91 Å². The van der Waals surface area contributed by atoms with Gasteiger partial charge >= 0.3 is 0 Å². The Balaban J connectivity index is 2.13. The van der Waals surface area contributed by atoms with Gasteiger partial charge in [-0.2, -0.15) is 0 Å². The molecule has 0 radical (unpaired) electrons. The van der Waals surface area contributed by atoms with E-state index in [0.717, 1.165) is 6.26 Å². The third kappa shape index (κ3) is 6.07. The van der Waals surface area contributed by atoms with Gasteiger partial charge in [0, 0.05) is 23.6 Å². The van der Waals surface area contributed by atoms with Crippen molar-refractivity contribution >= 4 is 44.6 Å². The molecule has 2 N–H and O–H groups in total. The predicted octanol–water partition coefficient (Wildman–Crippen LogP) is 4.07. The van der Waals surface area contributed by atoms with E-state index in [1.54, 1.807) is 30.4 Å². The van der Waals surface area contributed by atoms with Crippen LogP contribution in [0.1, 0.15) is 17.3 Å². The van der Waals surface area contributed by atoms with Gasteiger partial charge in [-0.25, -0.2) is 8.42 Å². The minimum Gasteiger partial charge on any atom is -0.322 e. The number of hydrogen-bond donors (Lipinski definition) is 2. The van der Waals surface area contributed by atoms with Gasteiger partial charge in [-0.1, -0.05) is 35.9 Å². The number of allylic oxidation sites excluding steroid dienone is 3. The number of hydrogen-bond acceptors (Lipinski definition) is 4. The lowest BCUT2D eigenvalue weighted by molar-refractivity contribution is -0.111. The SMILES string of the molecule is C/C=C/C=C/C(=O)Nc1ccc(NC(=O)c2cccc(S(C)(=O)=O)c2)c(Cl)c1. The van der Waals surface area contributed by atoms with E-state index in [4.69, 9.17) is 11.6 Å². The van der Waals surface area contributed by atoms with Crippen LogP contribution in [-0.2, 0) is 14.6 Å². The molecule has 0 saturated heterocycles. The van der Waals surface area contributed by atoms with Crippen LogP contribution in [0.2, 0.25) is 5.02 Å². The number of nitrogens with one attached hydrogen (secondary N) is 2. The number of sulfone groups is 1. The topological polar surface area (TPSA) is 92.3 Å². The average molecular weight is 419 g/mol. The Morgan fingerprint density at radius 3 is 2.43 bits per heavy atom. The zero-order valence-electron chi connectivity index (χ0n) is 15.3. The molecule has 0 aliphatic carbocycles. The van der Waals surface area contributed by atoms with Crippen molar-refractivity contribution in [3.63, 3.8) is 0 Å². The van der Waals surface area contributed by atoms with Crippen molar-refractivity contribution in [3.05, 3.63) is 77.4 Å². The maximum Gasteiger partial charge on any atom is 0.255 e. The van der Waals surface area contributed by atoms with Crippen LogP contribution in [0.4, 0.5) is 11.4 Å². The molecule has 0 unspecified atom stereocenters. The van der Waals surface area contributed by atoms with Crippen molar-refractivity contribution in [3.8, 4) is 0 Å². The summed E-state index contributed by atoms with van der Waals surface area (Å²) in [6, 6.07) is 10.4. The number of halogens is 1. The fourth-order valence-corrected chi connectivity index (χ4v) is 3.09. The molecule has 0 heterocycles. The van der Waals surface area contributed by atoms with Crippen LogP contribution in [0, 0.1) is 0 Å². The van der Waals surface area contributed by atoms with E-state index in [-0.39, 0.29) is 21.4 Å². The summed E-state index contributed by atoms with van der Waals surface area (Å²) in [5.74, 6) is -0.818. The van der Waals surface area contributed by atoms with Gasteiger partial charge in [0.05, 0.1) is 15.6 Å². The second-order valence-electron chi connectivity index (χ2n) is 5.82. The first-order chi connectivity index (χ1) is 13.2. The molecule has 28 heavy (non-hydrogen) atoms. The molecule has 0 aromatic heterocycles. The summed E-state index contributed by atoms with van der Waals surface area (Å²) in [5, 5.41) is 5.51. The summed E-state index contributed by atoms with van der Waals surface area (Å²) >= 11 is 6.18. The maximum atomic E-state index is 12.4. The second-order valence-corrected chi connectivity index (χ2v) is 8.25. The Kier molecular flexibility index (Phi) is 7.14. The second kappa shape index (κ2) is 9.34. The summed E-state index contributed by atoms with van der Waals surface area (Å²) in [7, 11) is -3.42. The highest BCUT2D eigenvalue weighted by Gasteiger charge is 2.13. The molecule has 0 spiro atoms. The quantitative estimate of drug-likeness (QED) is 0.546. The third-order valence-electron chi connectivity index (χ3n) is 3.56. The summed E-state index contributed by atoms with van der Waals surface area (Å²) < 4.78 is 23.3. The van der Waals surface area contributed by atoms with Crippen molar-refractivity contribution < 1.29 is 18.0 Å². The summed E-state index contributed by atoms with van der Waals surface area (Å²) in [6.07, 6.45) is 7.57. The van der Waals surface area contributed by atoms with Crippen molar-refractivity contribution in [1.29, 1.82) is 0 Å². The van der Waals surface area contributed by atoms with E-state index in [1.807, 2.05) is 6.92 Å². The van der Waals surface area contributed by atoms with Crippen LogP contribution in [0.15, 0.2) is 71.7 Å². The van der Waals surface area contributed by atoms with E-state index in [9.17, 15) is 18.0 Å². The fraction of sp³-hybridized carbons (Fsp3) is 0.100. The molecule has 146 valence electrons. The molecule has 0 saturated carbocycles. The van der Waals surface area contributed by atoms with Gasteiger partial charge < -0.3 is 10.6 Å². The monoisotopic (exact) mass is 418 g/mol. The number of amides is 2. The van der Waals surface area contributed by atoms with Crippen LogP contribution in [0.3, 0.4) is 0 Å². The van der Waals surface area contributed by atoms with Crippen LogP contribution in [-0.4, -0.2) is 26.5 Å². The number of anilines is 2. The molecule has 0 bridgehead atoms. The van der Waals surface area contributed by atoms with Gasteiger partial charge in [-0.3, -0.25) is 9.59 Å². The standard InChI is InChI=1S/C20H19ClN2O4S/c1-3-4-5-9-19(24)22-15-10-11-18(17(21)13-15)23-20(25)14-7-6-8-16(12-14)28(2,26)27/h3-13H,1-2H3,(H,22,24)(H,23,25)/b4-3+,9-5+. The Labute approximate surface area is 168 Å². The highest BCUT2D eigenvalue weighted by atomic mass is 35.5. The fourth-order valence-electron chi connectivity index (χ4n) is 2.19. The van der Waals surface area contributed by atoms with E-state index in [2.05, 4.69) is 10.6 Å². The van der Waals surface area contributed by atoms with Crippen LogP contribution >= 0.6 is 11.6 Å². The number of carbonyl (C=O) groups excluding carboxylic acids is 2. The smallest absolute Gasteiger partial charge is 0.255 e. The molecule has 0 atom stereocenters. The Bertz CT molecular complexity index is 1060. The molecule has 2 aromatic rings. The molecular weight excluding hydrogens is 400 g/mol. The largest absolute Gasteiger partial charge is 0.322 e.